The number of unbranched alkanes of at least 4 members (excludes halogenated alkanes) is 1. The lowest BCUT2D eigenvalue weighted by Gasteiger charge is -2.07. The molecule has 0 aliphatic heterocycles. The molecule has 0 spiro atoms. The van der Waals surface area contributed by atoms with Crippen molar-refractivity contribution < 1.29 is 17.5 Å². The minimum Gasteiger partial charge on any atom is -0.385 e. The van der Waals surface area contributed by atoms with Gasteiger partial charge < -0.3 is 10.5 Å². The molecule has 0 aliphatic carbocycles. The van der Waals surface area contributed by atoms with Crippen LogP contribution in [0.2, 0.25) is 0 Å². The van der Waals surface area contributed by atoms with Gasteiger partial charge in [-0.1, -0.05) is 11.8 Å². The SMILES string of the molecule is COCCCCNS(=O)(=O)c1ccc(C#CCN)c(F)c1. The van der Waals surface area contributed by atoms with E-state index in [0.29, 0.717) is 13.0 Å². The standard InChI is InChI=1S/C14H19FN2O3S/c1-20-10-3-2-9-17-21(18,19)13-7-6-12(5-4-8-16)14(15)11-13/h6-7,11,17H,2-3,8-10,16H2,1H3. The van der Waals surface area contributed by atoms with Gasteiger partial charge in [-0.3, -0.25) is 0 Å². The van der Waals surface area contributed by atoms with Crippen molar-refractivity contribution in [1.82, 2.24) is 4.72 Å². The van der Waals surface area contributed by atoms with Gasteiger partial charge in [0.1, 0.15) is 5.82 Å². The second-order valence-electron chi connectivity index (χ2n) is 4.25. The zero-order chi connectivity index (χ0) is 15.7. The second-order valence-corrected chi connectivity index (χ2v) is 6.01. The molecular weight excluding hydrogens is 295 g/mol. The fraction of sp³-hybridized carbons (Fsp3) is 0.429. The largest absolute Gasteiger partial charge is 0.385 e. The molecule has 0 aromatic heterocycles. The molecule has 7 heteroatoms. The van der Waals surface area contributed by atoms with E-state index >= 15 is 0 Å². The van der Waals surface area contributed by atoms with Crippen LogP contribution in [0.4, 0.5) is 4.39 Å². The van der Waals surface area contributed by atoms with Gasteiger partial charge in [0.25, 0.3) is 0 Å². The maximum absolute atomic E-state index is 13.7. The number of hydrogen-bond acceptors (Lipinski definition) is 4. The van der Waals surface area contributed by atoms with Gasteiger partial charge in [-0.05, 0) is 31.0 Å². The lowest BCUT2D eigenvalue weighted by molar-refractivity contribution is 0.193. The summed E-state index contributed by atoms with van der Waals surface area (Å²) in [4.78, 5) is -0.120. The fourth-order valence-electron chi connectivity index (χ4n) is 1.57. The number of ether oxygens (including phenoxy) is 1. The van der Waals surface area contributed by atoms with Crippen molar-refractivity contribution in [3.05, 3.63) is 29.6 Å². The molecule has 0 radical (unpaired) electrons. The summed E-state index contributed by atoms with van der Waals surface area (Å²) >= 11 is 0. The average molecular weight is 314 g/mol. The monoisotopic (exact) mass is 314 g/mol. The van der Waals surface area contributed by atoms with Crippen LogP contribution in [-0.2, 0) is 14.8 Å². The molecule has 3 N–H and O–H groups in total. The van der Waals surface area contributed by atoms with E-state index < -0.39 is 15.8 Å². The molecule has 0 saturated carbocycles. The molecule has 0 bridgehead atoms. The summed E-state index contributed by atoms with van der Waals surface area (Å²) in [7, 11) is -2.13. The van der Waals surface area contributed by atoms with Crippen LogP contribution < -0.4 is 10.5 Å². The number of hydrogen-bond donors (Lipinski definition) is 2. The van der Waals surface area contributed by atoms with Crippen molar-refractivity contribution in [2.45, 2.75) is 17.7 Å². The third-order valence-corrected chi connectivity index (χ3v) is 4.10. The number of methoxy groups -OCH3 is 1. The van der Waals surface area contributed by atoms with Crippen LogP contribution in [-0.4, -0.2) is 35.2 Å². The number of rotatable bonds is 7. The van der Waals surface area contributed by atoms with E-state index in [1.54, 1.807) is 7.11 Å². The zero-order valence-corrected chi connectivity index (χ0v) is 12.7. The van der Waals surface area contributed by atoms with Gasteiger partial charge in [-0.25, -0.2) is 17.5 Å². The molecule has 0 amide bonds. The van der Waals surface area contributed by atoms with Crippen LogP contribution in [0.3, 0.4) is 0 Å². The molecule has 0 saturated heterocycles. The Kier molecular flexibility index (Phi) is 7.32. The summed E-state index contributed by atoms with van der Waals surface area (Å²) in [5.74, 6) is 4.37. The van der Waals surface area contributed by atoms with Gasteiger partial charge in [0, 0.05) is 20.3 Å². The Morgan fingerprint density at radius 3 is 2.76 bits per heavy atom. The molecule has 1 aromatic rings. The van der Waals surface area contributed by atoms with E-state index in [1.165, 1.54) is 12.1 Å². The van der Waals surface area contributed by atoms with Crippen LogP contribution in [0.1, 0.15) is 18.4 Å². The van der Waals surface area contributed by atoms with Crippen molar-refractivity contribution in [3.8, 4) is 11.8 Å². The molecule has 0 unspecified atom stereocenters. The summed E-state index contributed by atoms with van der Waals surface area (Å²) in [5, 5.41) is 0. The quantitative estimate of drug-likeness (QED) is 0.577. The molecule has 0 heterocycles. The molecule has 0 fully saturated rings. The highest BCUT2D eigenvalue weighted by Gasteiger charge is 2.15. The van der Waals surface area contributed by atoms with E-state index in [2.05, 4.69) is 16.6 Å². The summed E-state index contributed by atoms with van der Waals surface area (Å²) in [6.07, 6.45) is 1.40. The normalized spacial score (nSPS) is 11.0. The average Bonchev–Trinajstić information content (AvgIpc) is 2.45. The smallest absolute Gasteiger partial charge is 0.240 e. The molecule has 5 nitrogen and oxygen atoms in total. The topological polar surface area (TPSA) is 81.4 Å². The fourth-order valence-corrected chi connectivity index (χ4v) is 2.66. The van der Waals surface area contributed by atoms with Crippen LogP contribution in [0.5, 0.6) is 0 Å². The lowest BCUT2D eigenvalue weighted by Crippen LogP contribution is -2.25. The van der Waals surface area contributed by atoms with Crippen molar-refractivity contribution in [3.63, 3.8) is 0 Å². The predicted molar refractivity (Wildman–Crippen MR) is 78.6 cm³/mol. The van der Waals surface area contributed by atoms with Crippen molar-refractivity contribution in [1.29, 1.82) is 0 Å². The first-order valence-corrected chi connectivity index (χ1v) is 7.96. The summed E-state index contributed by atoms with van der Waals surface area (Å²) < 4.78 is 45.0. The molecule has 0 atom stereocenters. The number of halogens is 1. The van der Waals surface area contributed by atoms with Crippen molar-refractivity contribution in [2.75, 3.05) is 26.8 Å². The Bertz CT molecular complexity index is 621. The molecule has 1 aromatic carbocycles. The van der Waals surface area contributed by atoms with Crippen molar-refractivity contribution >= 4 is 10.0 Å². The molecule has 0 aliphatic rings. The molecule has 21 heavy (non-hydrogen) atoms. The van der Waals surface area contributed by atoms with Crippen LogP contribution in [0, 0.1) is 17.7 Å². The third-order valence-electron chi connectivity index (χ3n) is 2.64. The van der Waals surface area contributed by atoms with Gasteiger partial charge >= 0.3 is 0 Å². The van der Waals surface area contributed by atoms with Gasteiger partial charge in [0.15, 0.2) is 0 Å². The summed E-state index contributed by atoms with van der Waals surface area (Å²) in [5.41, 5.74) is 5.33. The van der Waals surface area contributed by atoms with Gasteiger partial charge in [0.05, 0.1) is 17.0 Å². The maximum Gasteiger partial charge on any atom is 0.240 e. The Balaban J connectivity index is 2.73. The highest BCUT2D eigenvalue weighted by atomic mass is 32.2. The minimum atomic E-state index is -3.71. The number of nitrogens with one attached hydrogen (secondary N) is 1. The van der Waals surface area contributed by atoms with E-state index in [4.69, 9.17) is 10.5 Å². The Morgan fingerprint density at radius 1 is 1.38 bits per heavy atom. The summed E-state index contributed by atoms with van der Waals surface area (Å²) in [6.45, 7) is 0.968. The van der Waals surface area contributed by atoms with Gasteiger partial charge in [-0.15, -0.1) is 0 Å². The van der Waals surface area contributed by atoms with E-state index in [0.717, 1.165) is 12.5 Å². The Hall–Kier alpha value is -1.46. The Morgan fingerprint density at radius 2 is 2.14 bits per heavy atom. The van der Waals surface area contributed by atoms with E-state index in [9.17, 15) is 12.8 Å². The van der Waals surface area contributed by atoms with Gasteiger partial charge in [0.2, 0.25) is 10.0 Å². The zero-order valence-electron chi connectivity index (χ0n) is 11.9. The Labute approximate surface area is 124 Å². The maximum atomic E-state index is 13.7. The summed E-state index contributed by atoms with van der Waals surface area (Å²) in [6, 6.07) is 3.61. The highest BCUT2D eigenvalue weighted by molar-refractivity contribution is 7.89. The van der Waals surface area contributed by atoms with E-state index in [-0.39, 0.29) is 23.5 Å². The third kappa shape index (κ3) is 5.81. The molecule has 116 valence electrons. The van der Waals surface area contributed by atoms with Crippen molar-refractivity contribution in [2.24, 2.45) is 5.73 Å². The lowest BCUT2D eigenvalue weighted by atomic mass is 10.2. The first-order valence-electron chi connectivity index (χ1n) is 6.48. The van der Waals surface area contributed by atoms with Gasteiger partial charge in [-0.2, -0.15) is 0 Å². The molecule has 1 rings (SSSR count). The number of benzene rings is 1. The highest BCUT2D eigenvalue weighted by Crippen LogP contribution is 2.14. The number of sulfonamides is 1. The second kappa shape index (κ2) is 8.74. The van der Waals surface area contributed by atoms with Crippen LogP contribution in [0.15, 0.2) is 23.1 Å². The van der Waals surface area contributed by atoms with E-state index in [1.807, 2.05) is 0 Å². The van der Waals surface area contributed by atoms with Crippen LogP contribution in [0.25, 0.3) is 0 Å². The number of nitrogens with two attached hydrogens (primary N) is 1. The molecular formula is C14H19FN2O3S. The first-order chi connectivity index (χ1) is 10.0. The predicted octanol–water partition coefficient (Wildman–Crippen LogP) is 0.841. The van der Waals surface area contributed by atoms with Crippen LogP contribution >= 0.6 is 0 Å². The minimum absolute atomic E-state index is 0.114. The first kappa shape index (κ1) is 17.6.